The molecule has 2 aliphatic heterocycles. The van der Waals surface area contributed by atoms with Gasteiger partial charge in [-0.25, -0.2) is 4.39 Å². The zero-order chi connectivity index (χ0) is 16.7. The topological polar surface area (TPSA) is 30.9 Å². The Morgan fingerprint density at radius 2 is 1.70 bits per heavy atom. The van der Waals surface area contributed by atoms with Gasteiger partial charge >= 0.3 is 7.12 Å². The van der Waals surface area contributed by atoms with Crippen molar-refractivity contribution in [1.29, 1.82) is 0 Å². The third kappa shape index (κ3) is 3.31. The molecule has 3 rings (SSSR count). The molecule has 0 unspecified atom stereocenters. The summed E-state index contributed by atoms with van der Waals surface area (Å²) in [6.45, 7) is 11.6. The normalized spacial score (nSPS) is 24.1. The Labute approximate surface area is 138 Å². The molecule has 0 spiro atoms. The maximum absolute atomic E-state index is 15.0. The maximum atomic E-state index is 15.0. The van der Waals surface area contributed by atoms with Crippen LogP contribution in [0, 0.1) is 5.82 Å². The second kappa shape index (κ2) is 6.17. The van der Waals surface area contributed by atoms with Crippen LogP contribution in [-0.2, 0) is 20.6 Å². The van der Waals surface area contributed by atoms with Gasteiger partial charge in [-0.3, -0.25) is 4.90 Å². The summed E-state index contributed by atoms with van der Waals surface area (Å²) in [6, 6.07) is 5.46. The molecule has 2 fully saturated rings. The second-order valence-electron chi connectivity index (χ2n) is 7.30. The molecule has 0 aromatic heterocycles. The van der Waals surface area contributed by atoms with E-state index in [9.17, 15) is 4.39 Å². The molecule has 126 valence electrons. The molecule has 0 aliphatic carbocycles. The van der Waals surface area contributed by atoms with Gasteiger partial charge in [0.25, 0.3) is 0 Å². The summed E-state index contributed by atoms with van der Waals surface area (Å²) in [7, 11) is -0.662. The highest BCUT2D eigenvalue weighted by Gasteiger charge is 2.52. The molecule has 0 radical (unpaired) electrons. The fraction of sp³-hybridized carbons (Fsp3) is 0.647. The van der Waals surface area contributed by atoms with Gasteiger partial charge in [0, 0.05) is 30.7 Å². The van der Waals surface area contributed by atoms with E-state index in [4.69, 9.17) is 14.0 Å². The summed E-state index contributed by atoms with van der Waals surface area (Å²) in [5.41, 5.74) is 0.225. The number of hydrogen-bond donors (Lipinski definition) is 0. The van der Waals surface area contributed by atoms with Crippen LogP contribution in [0.1, 0.15) is 33.3 Å². The summed E-state index contributed by atoms with van der Waals surface area (Å²) in [5.74, 6) is -0.225. The first-order valence-electron chi connectivity index (χ1n) is 8.23. The average Bonchev–Trinajstić information content (AvgIpc) is 2.70. The third-order valence-corrected chi connectivity index (χ3v) is 5.11. The average molecular weight is 321 g/mol. The first-order valence-corrected chi connectivity index (χ1v) is 8.23. The fourth-order valence-electron chi connectivity index (χ4n) is 2.87. The van der Waals surface area contributed by atoms with Crippen LogP contribution in [0.25, 0.3) is 0 Å². The van der Waals surface area contributed by atoms with E-state index in [1.54, 1.807) is 6.07 Å². The van der Waals surface area contributed by atoms with E-state index in [0.29, 0.717) is 30.8 Å². The molecule has 0 bridgehead atoms. The van der Waals surface area contributed by atoms with E-state index in [2.05, 4.69) is 4.90 Å². The molecule has 0 atom stereocenters. The van der Waals surface area contributed by atoms with Gasteiger partial charge in [0.1, 0.15) is 5.82 Å². The molecule has 0 amide bonds. The lowest BCUT2D eigenvalue weighted by Crippen LogP contribution is -2.41. The van der Waals surface area contributed by atoms with Crippen molar-refractivity contribution in [2.45, 2.75) is 45.4 Å². The molecule has 2 aliphatic rings. The summed E-state index contributed by atoms with van der Waals surface area (Å²) >= 11 is 0. The summed E-state index contributed by atoms with van der Waals surface area (Å²) in [6.07, 6.45) is 0. The number of rotatable bonds is 3. The van der Waals surface area contributed by atoms with Gasteiger partial charge in [-0.05, 0) is 27.7 Å². The van der Waals surface area contributed by atoms with E-state index >= 15 is 0 Å². The van der Waals surface area contributed by atoms with E-state index in [1.807, 2.05) is 39.8 Å². The van der Waals surface area contributed by atoms with Gasteiger partial charge < -0.3 is 14.0 Å². The van der Waals surface area contributed by atoms with Crippen LogP contribution >= 0.6 is 0 Å². The Kier molecular flexibility index (Phi) is 4.53. The molecule has 1 aromatic carbocycles. The zero-order valence-electron chi connectivity index (χ0n) is 14.4. The summed E-state index contributed by atoms with van der Waals surface area (Å²) in [5, 5.41) is 0. The van der Waals surface area contributed by atoms with Crippen molar-refractivity contribution in [3.8, 4) is 0 Å². The molecule has 2 saturated heterocycles. The van der Waals surface area contributed by atoms with Gasteiger partial charge in [0.05, 0.1) is 24.4 Å². The van der Waals surface area contributed by atoms with Gasteiger partial charge in [-0.2, -0.15) is 0 Å². The van der Waals surface area contributed by atoms with Crippen LogP contribution in [0.2, 0.25) is 0 Å². The lowest BCUT2D eigenvalue weighted by Gasteiger charge is -2.32. The van der Waals surface area contributed by atoms with Gasteiger partial charge in [0.2, 0.25) is 0 Å². The van der Waals surface area contributed by atoms with E-state index in [0.717, 1.165) is 13.1 Å². The molecule has 4 nitrogen and oxygen atoms in total. The lowest BCUT2D eigenvalue weighted by atomic mass is 9.78. The number of morpholine rings is 1. The first kappa shape index (κ1) is 16.9. The molecular formula is C17H25BFNO3. The summed E-state index contributed by atoms with van der Waals surface area (Å²) in [4.78, 5) is 2.20. The molecular weight excluding hydrogens is 296 g/mol. The Morgan fingerprint density at radius 3 is 2.30 bits per heavy atom. The van der Waals surface area contributed by atoms with E-state index in [1.165, 1.54) is 0 Å². The molecule has 6 heteroatoms. The molecule has 23 heavy (non-hydrogen) atoms. The van der Waals surface area contributed by atoms with Crippen molar-refractivity contribution >= 4 is 12.6 Å². The van der Waals surface area contributed by atoms with Gasteiger partial charge in [0.15, 0.2) is 0 Å². The first-order chi connectivity index (χ1) is 10.8. The number of hydrogen-bond acceptors (Lipinski definition) is 4. The van der Waals surface area contributed by atoms with Crippen molar-refractivity contribution < 1.29 is 18.4 Å². The Hall–Kier alpha value is -0.945. The molecule has 0 N–H and O–H groups in total. The quantitative estimate of drug-likeness (QED) is 0.797. The zero-order valence-corrected chi connectivity index (χ0v) is 14.4. The Balaban J connectivity index is 1.80. The number of ether oxygens (including phenoxy) is 1. The third-order valence-electron chi connectivity index (χ3n) is 5.11. The van der Waals surface area contributed by atoms with Crippen LogP contribution < -0.4 is 5.46 Å². The van der Waals surface area contributed by atoms with Crippen LogP contribution in [-0.4, -0.2) is 49.5 Å². The van der Waals surface area contributed by atoms with Crippen molar-refractivity contribution in [3.05, 3.63) is 29.6 Å². The monoisotopic (exact) mass is 321 g/mol. The van der Waals surface area contributed by atoms with Crippen LogP contribution in [0.15, 0.2) is 18.2 Å². The molecule has 1 aromatic rings. The van der Waals surface area contributed by atoms with Crippen molar-refractivity contribution in [2.24, 2.45) is 0 Å². The minimum Gasteiger partial charge on any atom is -0.399 e. The Bertz CT molecular complexity index is 557. The van der Waals surface area contributed by atoms with Crippen LogP contribution in [0.3, 0.4) is 0 Å². The van der Waals surface area contributed by atoms with Gasteiger partial charge in [-0.15, -0.1) is 0 Å². The standard InChI is InChI=1S/C17H25BFNO3/c1-16(2)17(3,4)23-18(22-16)14-7-5-6-13(15(14)19)12-20-8-10-21-11-9-20/h5-7H,8-12H2,1-4H3. The number of halogens is 1. The van der Waals surface area contributed by atoms with Crippen molar-refractivity contribution in [3.63, 3.8) is 0 Å². The maximum Gasteiger partial charge on any atom is 0.497 e. The highest BCUT2D eigenvalue weighted by Crippen LogP contribution is 2.36. The van der Waals surface area contributed by atoms with E-state index in [-0.39, 0.29) is 5.82 Å². The predicted octanol–water partition coefficient (Wildman–Crippen LogP) is 1.96. The second-order valence-corrected chi connectivity index (χ2v) is 7.30. The largest absolute Gasteiger partial charge is 0.497 e. The number of nitrogens with zero attached hydrogens (tertiary/aromatic N) is 1. The smallest absolute Gasteiger partial charge is 0.399 e. The highest BCUT2D eigenvalue weighted by molar-refractivity contribution is 6.62. The molecule has 0 saturated carbocycles. The van der Waals surface area contributed by atoms with Crippen molar-refractivity contribution in [2.75, 3.05) is 26.3 Å². The summed E-state index contributed by atoms with van der Waals surface area (Å²) < 4.78 is 32.3. The molecule has 2 heterocycles. The lowest BCUT2D eigenvalue weighted by molar-refractivity contribution is 0.00578. The SMILES string of the molecule is CC1(C)OB(c2cccc(CN3CCOCC3)c2F)OC1(C)C. The van der Waals surface area contributed by atoms with Gasteiger partial charge in [-0.1, -0.05) is 18.2 Å². The van der Waals surface area contributed by atoms with E-state index < -0.39 is 18.3 Å². The van der Waals surface area contributed by atoms with Crippen molar-refractivity contribution in [1.82, 2.24) is 4.90 Å². The minimum absolute atomic E-state index is 0.225. The Morgan fingerprint density at radius 1 is 1.09 bits per heavy atom. The predicted molar refractivity (Wildman–Crippen MR) is 88.2 cm³/mol. The highest BCUT2D eigenvalue weighted by atomic mass is 19.1. The minimum atomic E-state index is -0.662. The number of benzene rings is 1. The fourth-order valence-corrected chi connectivity index (χ4v) is 2.87. The van der Waals surface area contributed by atoms with Crippen LogP contribution in [0.4, 0.5) is 4.39 Å². The van der Waals surface area contributed by atoms with Crippen LogP contribution in [0.5, 0.6) is 0 Å².